The van der Waals surface area contributed by atoms with Gasteiger partial charge < -0.3 is 9.80 Å². The maximum Gasteiger partial charge on any atom is 0.222 e. The number of carbonyl (C=O) groups is 1. The number of benzene rings is 1. The smallest absolute Gasteiger partial charge is 0.222 e. The highest BCUT2D eigenvalue weighted by atomic mass is 19.1. The zero-order chi connectivity index (χ0) is 15.7. The number of anilines is 1. The van der Waals surface area contributed by atoms with Gasteiger partial charge in [-0.1, -0.05) is 0 Å². The second-order valence-corrected chi connectivity index (χ2v) is 5.52. The Hall–Kier alpha value is -2.24. The maximum absolute atomic E-state index is 13.8. The Labute approximate surface area is 127 Å². The molecule has 3 rings (SSSR count). The minimum Gasteiger partial charge on any atom is -0.372 e. The van der Waals surface area contributed by atoms with E-state index in [1.165, 1.54) is 12.3 Å². The molecule has 1 aromatic carbocycles. The largest absolute Gasteiger partial charge is 0.372 e. The number of carbonyl (C=O) groups excluding carboxylic acids is 1. The lowest BCUT2D eigenvalue weighted by Crippen LogP contribution is -2.34. The van der Waals surface area contributed by atoms with E-state index >= 15 is 0 Å². The van der Waals surface area contributed by atoms with Gasteiger partial charge in [0.2, 0.25) is 5.91 Å². The summed E-state index contributed by atoms with van der Waals surface area (Å²) in [6.07, 6.45) is 3.02. The van der Waals surface area contributed by atoms with Crippen molar-refractivity contribution in [1.29, 1.82) is 0 Å². The Morgan fingerprint density at radius 3 is 2.91 bits per heavy atom. The van der Waals surface area contributed by atoms with E-state index in [1.807, 2.05) is 16.8 Å². The van der Waals surface area contributed by atoms with E-state index in [4.69, 9.17) is 0 Å². The molecular formula is C16H17F2N3O. The molecule has 2 heterocycles. The van der Waals surface area contributed by atoms with Gasteiger partial charge in [0.15, 0.2) is 5.82 Å². The Bertz CT molecular complexity index is 720. The summed E-state index contributed by atoms with van der Waals surface area (Å²) >= 11 is 0. The topological polar surface area (TPSA) is 36.4 Å². The summed E-state index contributed by atoms with van der Waals surface area (Å²) in [6, 6.07) is 3.85. The van der Waals surface area contributed by atoms with Crippen molar-refractivity contribution >= 4 is 22.5 Å². The number of aromatic nitrogens is 1. The van der Waals surface area contributed by atoms with Gasteiger partial charge in [0.1, 0.15) is 11.3 Å². The first-order chi connectivity index (χ1) is 10.6. The molecule has 0 N–H and O–H groups in total. The first kappa shape index (κ1) is 14.7. The van der Waals surface area contributed by atoms with Gasteiger partial charge in [-0.15, -0.1) is 0 Å². The van der Waals surface area contributed by atoms with Crippen LogP contribution < -0.4 is 4.90 Å². The van der Waals surface area contributed by atoms with Crippen molar-refractivity contribution in [2.24, 2.45) is 0 Å². The highest BCUT2D eigenvalue weighted by molar-refractivity contribution is 5.91. The molecule has 0 bridgehead atoms. The predicted molar refractivity (Wildman–Crippen MR) is 80.7 cm³/mol. The second-order valence-electron chi connectivity index (χ2n) is 5.52. The molecule has 2 aromatic rings. The highest BCUT2D eigenvalue weighted by Gasteiger charge is 2.20. The van der Waals surface area contributed by atoms with E-state index in [0.717, 1.165) is 19.0 Å². The van der Waals surface area contributed by atoms with Gasteiger partial charge in [0, 0.05) is 56.4 Å². The summed E-state index contributed by atoms with van der Waals surface area (Å²) in [5.41, 5.74) is 0.859. The van der Waals surface area contributed by atoms with Crippen LogP contribution in [0.25, 0.3) is 10.9 Å². The van der Waals surface area contributed by atoms with Crippen LogP contribution in [-0.2, 0) is 4.79 Å². The number of pyridine rings is 1. The van der Waals surface area contributed by atoms with E-state index in [2.05, 4.69) is 4.98 Å². The summed E-state index contributed by atoms with van der Waals surface area (Å²) in [7, 11) is 1.85. The van der Waals surface area contributed by atoms with Crippen molar-refractivity contribution in [1.82, 2.24) is 9.88 Å². The highest BCUT2D eigenvalue weighted by Crippen LogP contribution is 2.27. The first-order valence-corrected chi connectivity index (χ1v) is 7.29. The van der Waals surface area contributed by atoms with Crippen LogP contribution in [0.3, 0.4) is 0 Å². The minimum absolute atomic E-state index is 0.156. The number of nitrogens with zero attached hydrogens (tertiary/aromatic N) is 3. The van der Waals surface area contributed by atoms with Crippen molar-refractivity contribution in [3.63, 3.8) is 0 Å². The molecule has 1 aromatic heterocycles. The molecule has 1 aliphatic heterocycles. The van der Waals surface area contributed by atoms with Gasteiger partial charge in [-0.25, -0.2) is 8.78 Å². The second kappa shape index (κ2) is 5.87. The number of amides is 1. The van der Waals surface area contributed by atoms with E-state index in [9.17, 15) is 13.6 Å². The maximum atomic E-state index is 13.8. The number of halogens is 2. The lowest BCUT2D eigenvalue weighted by atomic mass is 10.1. The van der Waals surface area contributed by atoms with E-state index in [-0.39, 0.29) is 11.4 Å². The fourth-order valence-corrected chi connectivity index (χ4v) is 2.83. The zero-order valence-electron chi connectivity index (χ0n) is 12.4. The number of hydrogen-bond acceptors (Lipinski definition) is 3. The molecule has 0 spiro atoms. The Morgan fingerprint density at radius 1 is 1.36 bits per heavy atom. The zero-order valence-corrected chi connectivity index (χ0v) is 12.4. The van der Waals surface area contributed by atoms with Crippen molar-refractivity contribution in [2.75, 3.05) is 31.6 Å². The predicted octanol–water partition coefficient (Wildman–Crippen LogP) is 2.57. The SMILES string of the molecule is CN(CCN1CCCC1=O)c1ccnc2c(F)cc(F)cc12. The fraction of sp³-hybridized carbons (Fsp3) is 0.375. The van der Waals surface area contributed by atoms with Crippen LogP contribution in [0.5, 0.6) is 0 Å². The molecule has 1 fully saturated rings. The normalized spacial score (nSPS) is 14.9. The average molecular weight is 305 g/mol. The van der Waals surface area contributed by atoms with Gasteiger partial charge in [0.25, 0.3) is 0 Å². The Kier molecular flexibility index (Phi) is 3.92. The molecular weight excluding hydrogens is 288 g/mol. The Balaban J connectivity index is 1.84. The number of likely N-dealkylation sites (tertiary alicyclic amines) is 1. The van der Waals surface area contributed by atoms with Crippen LogP contribution in [-0.4, -0.2) is 42.5 Å². The fourth-order valence-electron chi connectivity index (χ4n) is 2.83. The lowest BCUT2D eigenvalue weighted by molar-refractivity contribution is -0.127. The van der Waals surface area contributed by atoms with E-state index < -0.39 is 11.6 Å². The monoisotopic (exact) mass is 305 g/mol. The van der Waals surface area contributed by atoms with Crippen LogP contribution in [0, 0.1) is 11.6 Å². The molecule has 0 saturated carbocycles. The van der Waals surface area contributed by atoms with E-state index in [1.54, 1.807) is 6.07 Å². The number of likely N-dealkylation sites (N-methyl/N-ethyl adjacent to an activating group) is 1. The van der Waals surface area contributed by atoms with Gasteiger partial charge in [-0.3, -0.25) is 9.78 Å². The molecule has 0 unspecified atom stereocenters. The number of hydrogen-bond donors (Lipinski definition) is 0. The van der Waals surface area contributed by atoms with Gasteiger partial charge in [-0.05, 0) is 18.6 Å². The lowest BCUT2D eigenvalue weighted by Gasteiger charge is -2.24. The summed E-state index contributed by atoms with van der Waals surface area (Å²) in [4.78, 5) is 19.3. The van der Waals surface area contributed by atoms with Crippen LogP contribution >= 0.6 is 0 Å². The summed E-state index contributed by atoms with van der Waals surface area (Å²) in [5, 5.41) is 0.440. The van der Waals surface area contributed by atoms with Gasteiger partial charge in [-0.2, -0.15) is 0 Å². The van der Waals surface area contributed by atoms with Crippen molar-refractivity contribution in [2.45, 2.75) is 12.8 Å². The third-order valence-electron chi connectivity index (χ3n) is 4.03. The van der Waals surface area contributed by atoms with Crippen LogP contribution in [0.4, 0.5) is 14.5 Å². The molecule has 0 atom stereocenters. The molecule has 1 saturated heterocycles. The third kappa shape index (κ3) is 2.73. The third-order valence-corrected chi connectivity index (χ3v) is 4.03. The van der Waals surface area contributed by atoms with Crippen LogP contribution in [0.2, 0.25) is 0 Å². The molecule has 0 aliphatic carbocycles. The molecule has 1 amide bonds. The van der Waals surface area contributed by atoms with Crippen molar-refractivity contribution < 1.29 is 13.6 Å². The standard InChI is InChI=1S/C16H17F2N3O/c1-20(7-8-21-6-2-3-15(21)22)14-4-5-19-16-12(14)9-11(17)10-13(16)18/h4-5,9-10H,2-3,6-8H2,1H3. The summed E-state index contributed by atoms with van der Waals surface area (Å²) < 4.78 is 27.3. The van der Waals surface area contributed by atoms with Crippen molar-refractivity contribution in [3.05, 3.63) is 36.0 Å². The quantitative estimate of drug-likeness (QED) is 0.871. The first-order valence-electron chi connectivity index (χ1n) is 7.29. The molecule has 6 heteroatoms. The van der Waals surface area contributed by atoms with Crippen LogP contribution in [0.15, 0.2) is 24.4 Å². The van der Waals surface area contributed by atoms with Crippen LogP contribution in [0.1, 0.15) is 12.8 Å². The number of fused-ring (bicyclic) bond motifs is 1. The van der Waals surface area contributed by atoms with Gasteiger partial charge in [0.05, 0.1) is 0 Å². The molecule has 22 heavy (non-hydrogen) atoms. The van der Waals surface area contributed by atoms with E-state index in [0.29, 0.717) is 30.6 Å². The minimum atomic E-state index is -0.667. The molecule has 4 nitrogen and oxygen atoms in total. The summed E-state index contributed by atoms with van der Waals surface area (Å²) in [5.74, 6) is -1.12. The van der Waals surface area contributed by atoms with Crippen molar-refractivity contribution in [3.8, 4) is 0 Å². The molecule has 1 aliphatic rings. The number of rotatable bonds is 4. The van der Waals surface area contributed by atoms with Gasteiger partial charge >= 0.3 is 0 Å². The Morgan fingerprint density at radius 2 is 2.18 bits per heavy atom. The molecule has 0 radical (unpaired) electrons. The molecule has 116 valence electrons. The average Bonchev–Trinajstić information content (AvgIpc) is 2.89. The summed E-state index contributed by atoms with van der Waals surface area (Å²) in [6.45, 7) is 1.99.